The van der Waals surface area contributed by atoms with Crippen LogP contribution in [0.5, 0.6) is 0 Å². The summed E-state index contributed by atoms with van der Waals surface area (Å²) in [6.07, 6.45) is 0.936. The fourth-order valence-corrected chi connectivity index (χ4v) is 5.44. The van der Waals surface area contributed by atoms with Gasteiger partial charge >= 0.3 is 5.97 Å². The first kappa shape index (κ1) is 23.1. The molecule has 9 nitrogen and oxygen atoms in total. The third-order valence-corrected chi connectivity index (χ3v) is 7.37. The number of halogens is 1. The third kappa shape index (κ3) is 3.86. The van der Waals surface area contributed by atoms with Gasteiger partial charge in [0, 0.05) is 40.8 Å². The van der Waals surface area contributed by atoms with Crippen LogP contribution in [0.3, 0.4) is 0 Å². The van der Waals surface area contributed by atoms with Crippen LogP contribution >= 0.6 is 23.4 Å². The number of hydrogen-bond acceptors (Lipinski definition) is 8. The van der Waals surface area contributed by atoms with Gasteiger partial charge in [0.15, 0.2) is 15.9 Å². The smallest absolute Gasteiger partial charge is 0.357 e. The first-order chi connectivity index (χ1) is 17.4. The molecule has 0 radical (unpaired) electrons. The monoisotopic (exact) mass is 523 g/mol. The number of benzene rings is 1. The number of imidazole rings is 1. The maximum atomic E-state index is 12.5. The number of hydrogen-bond donors (Lipinski definition) is 4. The maximum absolute atomic E-state index is 12.5. The Morgan fingerprint density at radius 3 is 3.03 bits per heavy atom. The number of nitrogens with zero attached hydrogens (tertiary/aromatic N) is 2. The fraction of sp³-hybridized carbons (Fsp3) is 0.240. The Labute approximate surface area is 214 Å². The van der Waals surface area contributed by atoms with Gasteiger partial charge in [0.25, 0.3) is 0 Å². The van der Waals surface area contributed by atoms with E-state index in [2.05, 4.69) is 20.3 Å². The van der Waals surface area contributed by atoms with Crippen molar-refractivity contribution in [3.8, 4) is 11.3 Å². The lowest BCUT2D eigenvalue weighted by Gasteiger charge is -2.24. The highest BCUT2D eigenvalue weighted by Gasteiger charge is 2.29. The van der Waals surface area contributed by atoms with Gasteiger partial charge < -0.3 is 29.5 Å². The summed E-state index contributed by atoms with van der Waals surface area (Å²) in [6.45, 7) is 4.81. The molecular formula is C25H22ClN5O4S. The number of esters is 1. The predicted octanol–water partition coefficient (Wildman–Crippen LogP) is 5.13. The summed E-state index contributed by atoms with van der Waals surface area (Å²) in [5.74, 6) is 0.0811. The van der Waals surface area contributed by atoms with E-state index in [1.807, 2.05) is 31.2 Å². The Morgan fingerprint density at radius 2 is 2.19 bits per heavy atom. The van der Waals surface area contributed by atoms with Crippen molar-refractivity contribution in [3.05, 3.63) is 58.0 Å². The number of pyridine rings is 1. The van der Waals surface area contributed by atoms with Gasteiger partial charge in [-0.1, -0.05) is 11.6 Å². The molecule has 1 aliphatic rings. The van der Waals surface area contributed by atoms with E-state index in [0.717, 1.165) is 16.6 Å². The first-order valence-corrected chi connectivity index (χ1v) is 12.7. The summed E-state index contributed by atoms with van der Waals surface area (Å²) >= 11 is 7.60. The molecular weight excluding hydrogens is 502 g/mol. The lowest BCUT2D eigenvalue weighted by atomic mass is 9.93. The number of carbonyl (C=O) groups excluding carboxylic acids is 1. The van der Waals surface area contributed by atoms with E-state index in [9.17, 15) is 9.90 Å². The number of aryl methyl sites for hydroxylation is 1. The number of aliphatic hydroxyl groups excluding tert-OH is 1. The summed E-state index contributed by atoms with van der Waals surface area (Å²) in [6, 6.07) is 7.51. The summed E-state index contributed by atoms with van der Waals surface area (Å²) in [5, 5.41) is 16.7. The number of rotatable bonds is 5. The number of fused-ring (bicyclic) bond motifs is 3. The zero-order chi connectivity index (χ0) is 25.0. The summed E-state index contributed by atoms with van der Waals surface area (Å²) in [5.41, 5.74) is 5.45. The molecule has 0 amide bonds. The second-order valence-electron chi connectivity index (χ2n) is 8.52. The predicted molar refractivity (Wildman–Crippen MR) is 136 cm³/mol. The highest BCUT2D eigenvalue weighted by Crippen LogP contribution is 2.41. The molecule has 0 fully saturated rings. The second kappa shape index (κ2) is 8.97. The molecule has 1 aliphatic heterocycles. The minimum Gasteiger partial charge on any atom is -0.461 e. The molecule has 0 saturated carbocycles. The highest BCUT2D eigenvalue weighted by atomic mass is 35.5. The van der Waals surface area contributed by atoms with Crippen LogP contribution < -0.4 is 5.32 Å². The molecule has 11 heteroatoms. The normalized spacial score (nSPS) is 15.5. The molecule has 0 spiro atoms. The van der Waals surface area contributed by atoms with Gasteiger partial charge in [-0.2, -0.15) is 0 Å². The van der Waals surface area contributed by atoms with E-state index in [1.165, 1.54) is 11.8 Å². The molecule has 0 bridgehead atoms. The maximum Gasteiger partial charge on any atom is 0.357 e. The number of aromatic amines is 2. The molecule has 36 heavy (non-hydrogen) atoms. The van der Waals surface area contributed by atoms with Crippen LogP contribution in [-0.2, 0) is 11.3 Å². The Hall–Kier alpha value is -3.31. The number of H-pyrrole nitrogens is 2. The van der Waals surface area contributed by atoms with Crippen molar-refractivity contribution in [3.63, 3.8) is 0 Å². The average molecular weight is 524 g/mol. The van der Waals surface area contributed by atoms with Crippen LogP contribution in [0.15, 0.2) is 45.1 Å². The van der Waals surface area contributed by atoms with E-state index in [4.69, 9.17) is 25.7 Å². The SMILES string of the molecule is CCOC(=O)c1[nH]cc2c(-c3ccc(Sc4nc5cc(Cl)c(C)cc5[nH]4)o3)c3c(nc12)CNCC3O. The van der Waals surface area contributed by atoms with E-state index >= 15 is 0 Å². The number of furan rings is 1. The van der Waals surface area contributed by atoms with Crippen molar-refractivity contribution >= 4 is 51.3 Å². The minimum atomic E-state index is -0.772. The largest absolute Gasteiger partial charge is 0.461 e. The fourth-order valence-electron chi connectivity index (χ4n) is 4.52. The number of aliphatic hydroxyl groups is 1. The number of aromatic nitrogens is 4. The van der Waals surface area contributed by atoms with Crippen molar-refractivity contribution < 1.29 is 19.1 Å². The topological polar surface area (TPSA) is 129 Å². The molecule has 5 aromatic rings. The van der Waals surface area contributed by atoms with Crippen LogP contribution in [-0.4, -0.2) is 44.2 Å². The Kier molecular flexibility index (Phi) is 5.76. The Morgan fingerprint density at radius 1 is 1.33 bits per heavy atom. The van der Waals surface area contributed by atoms with Gasteiger partial charge in [0.1, 0.15) is 11.3 Å². The molecule has 4 aromatic heterocycles. The highest BCUT2D eigenvalue weighted by molar-refractivity contribution is 7.99. The zero-order valence-electron chi connectivity index (χ0n) is 19.4. The van der Waals surface area contributed by atoms with Crippen LogP contribution in [0.25, 0.3) is 33.3 Å². The molecule has 184 valence electrons. The lowest BCUT2D eigenvalue weighted by molar-refractivity contribution is 0.0522. The van der Waals surface area contributed by atoms with Crippen LogP contribution in [0.1, 0.15) is 40.3 Å². The van der Waals surface area contributed by atoms with Crippen molar-refractivity contribution in [2.24, 2.45) is 0 Å². The molecule has 5 heterocycles. The quantitative estimate of drug-likeness (QED) is 0.233. The van der Waals surface area contributed by atoms with E-state index in [-0.39, 0.29) is 12.3 Å². The lowest BCUT2D eigenvalue weighted by Crippen LogP contribution is -2.29. The van der Waals surface area contributed by atoms with Gasteiger partial charge in [0.05, 0.1) is 29.4 Å². The zero-order valence-corrected chi connectivity index (χ0v) is 21.0. The summed E-state index contributed by atoms with van der Waals surface area (Å²) in [4.78, 5) is 28.1. The molecule has 0 aliphatic carbocycles. The number of ether oxygens (including phenoxy) is 1. The first-order valence-electron chi connectivity index (χ1n) is 11.5. The molecule has 6 rings (SSSR count). The van der Waals surface area contributed by atoms with Crippen molar-refractivity contribution in [2.45, 2.75) is 36.7 Å². The van der Waals surface area contributed by atoms with Crippen molar-refractivity contribution in [2.75, 3.05) is 13.2 Å². The van der Waals surface area contributed by atoms with Gasteiger partial charge in [-0.05, 0) is 55.4 Å². The number of β-amino-alcohol motifs (C(OH)–C–C–N with tert-alkyl or cyclic N) is 1. The summed E-state index contributed by atoms with van der Waals surface area (Å²) < 4.78 is 11.4. The van der Waals surface area contributed by atoms with Gasteiger partial charge in [-0.3, -0.25) is 0 Å². The Bertz CT molecular complexity index is 1600. The Balaban J connectivity index is 1.43. The molecule has 1 aromatic carbocycles. The van der Waals surface area contributed by atoms with Crippen molar-refractivity contribution in [1.29, 1.82) is 0 Å². The van der Waals surface area contributed by atoms with E-state index < -0.39 is 12.1 Å². The molecule has 1 unspecified atom stereocenters. The minimum absolute atomic E-state index is 0.254. The van der Waals surface area contributed by atoms with Gasteiger partial charge in [-0.25, -0.2) is 14.8 Å². The standard InChI is InChI=1S/C25H22ClN5O4S/c1-3-34-24(33)23-22-12(8-28-23)20(21-16(29-22)9-27-10-17(21)32)18-4-5-19(35-18)36-25-30-14-6-11(2)13(26)7-15(14)31-25/h4-8,17,27-28,32H,3,9-10H2,1-2H3,(H,30,31). The van der Waals surface area contributed by atoms with Crippen LogP contribution in [0.4, 0.5) is 0 Å². The second-order valence-corrected chi connectivity index (χ2v) is 9.92. The summed E-state index contributed by atoms with van der Waals surface area (Å²) in [7, 11) is 0. The molecule has 1 atom stereocenters. The molecule has 0 saturated heterocycles. The van der Waals surface area contributed by atoms with Gasteiger partial charge in [-0.15, -0.1) is 0 Å². The van der Waals surface area contributed by atoms with E-state index in [0.29, 0.717) is 61.8 Å². The number of nitrogens with one attached hydrogen (secondary N) is 3. The molecule has 4 N–H and O–H groups in total. The van der Waals surface area contributed by atoms with Crippen LogP contribution in [0.2, 0.25) is 5.02 Å². The van der Waals surface area contributed by atoms with E-state index in [1.54, 1.807) is 13.1 Å². The van der Waals surface area contributed by atoms with Crippen LogP contribution in [0, 0.1) is 6.92 Å². The third-order valence-electron chi connectivity index (χ3n) is 6.16. The number of carbonyl (C=O) groups is 1. The average Bonchev–Trinajstić information content (AvgIpc) is 3.57. The van der Waals surface area contributed by atoms with Gasteiger partial charge in [0.2, 0.25) is 0 Å². The van der Waals surface area contributed by atoms with Crippen molar-refractivity contribution in [1.82, 2.24) is 25.3 Å².